The number of halogens is 3. The molecule has 1 aliphatic heterocycles. The lowest BCUT2D eigenvalue weighted by molar-refractivity contribution is -0.123. The third-order valence-corrected chi connectivity index (χ3v) is 7.47. The maximum atomic E-state index is 14.6. The predicted molar refractivity (Wildman–Crippen MR) is 144 cm³/mol. The Morgan fingerprint density at radius 1 is 1.00 bits per heavy atom. The zero-order valence-electron chi connectivity index (χ0n) is 19.8. The standard InChI is InChI=1S/C20H19Cl2FN2O.C8H7NO2/c21-12-4-1-5-13(10-12)25-19(26)17-15(11-24-20(17)8-3-9-20)14-6-2-7-16(22)18(14)23;10-5-7-1-3-8(4-2-7)9-6-11/h1-2,4-7,10,15,17,24H,3,8-9,11H2,(H,25,26);1-6H,(H,9,11). The van der Waals surface area contributed by atoms with Gasteiger partial charge in [0, 0.05) is 40.0 Å². The van der Waals surface area contributed by atoms with E-state index in [4.69, 9.17) is 23.2 Å². The highest BCUT2D eigenvalue weighted by atomic mass is 35.5. The minimum absolute atomic E-state index is 0.0889. The van der Waals surface area contributed by atoms with Crippen molar-refractivity contribution in [1.82, 2.24) is 5.32 Å². The molecule has 37 heavy (non-hydrogen) atoms. The van der Waals surface area contributed by atoms with Crippen LogP contribution in [0.4, 0.5) is 15.8 Å². The lowest BCUT2D eigenvalue weighted by Gasteiger charge is -2.43. The molecule has 6 nitrogen and oxygen atoms in total. The summed E-state index contributed by atoms with van der Waals surface area (Å²) in [5, 5.41) is 9.57. The van der Waals surface area contributed by atoms with Crippen LogP contribution in [0.5, 0.6) is 0 Å². The number of nitrogens with one attached hydrogen (secondary N) is 3. The molecule has 1 heterocycles. The Labute approximate surface area is 224 Å². The Morgan fingerprint density at radius 3 is 2.35 bits per heavy atom. The van der Waals surface area contributed by atoms with Crippen molar-refractivity contribution in [3.05, 3.63) is 93.7 Å². The highest BCUT2D eigenvalue weighted by Crippen LogP contribution is 2.50. The van der Waals surface area contributed by atoms with E-state index in [0.29, 0.717) is 40.5 Å². The molecule has 3 aromatic rings. The van der Waals surface area contributed by atoms with Gasteiger partial charge in [0.05, 0.1) is 10.9 Å². The summed E-state index contributed by atoms with van der Waals surface area (Å²) < 4.78 is 14.6. The number of hydrogen-bond acceptors (Lipinski definition) is 4. The van der Waals surface area contributed by atoms with E-state index in [1.165, 1.54) is 6.07 Å². The van der Waals surface area contributed by atoms with Crippen molar-refractivity contribution in [2.75, 3.05) is 17.2 Å². The zero-order valence-corrected chi connectivity index (χ0v) is 21.4. The summed E-state index contributed by atoms with van der Waals surface area (Å²) in [5.74, 6) is -1.16. The van der Waals surface area contributed by atoms with Gasteiger partial charge in [0.15, 0.2) is 0 Å². The van der Waals surface area contributed by atoms with E-state index < -0.39 is 5.82 Å². The summed E-state index contributed by atoms with van der Waals surface area (Å²) >= 11 is 12.0. The molecule has 0 bridgehead atoms. The smallest absolute Gasteiger partial charge is 0.230 e. The minimum atomic E-state index is -0.433. The van der Waals surface area contributed by atoms with Crippen molar-refractivity contribution in [3.8, 4) is 0 Å². The molecule has 1 saturated heterocycles. The fourth-order valence-electron chi connectivity index (χ4n) is 5.01. The van der Waals surface area contributed by atoms with Gasteiger partial charge in [-0.2, -0.15) is 0 Å². The Balaban J connectivity index is 0.000000245. The first-order valence-corrected chi connectivity index (χ1v) is 12.6. The lowest BCUT2D eigenvalue weighted by Crippen LogP contribution is -2.54. The molecular formula is C28H26Cl2FN3O3. The van der Waals surface area contributed by atoms with Crippen LogP contribution in [0.25, 0.3) is 0 Å². The third kappa shape index (κ3) is 6.01. The third-order valence-electron chi connectivity index (χ3n) is 6.95. The van der Waals surface area contributed by atoms with Gasteiger partial charge < -0.3 is 16.0 Å². The van der Waals surface area contributed by atoms with Crippen LogP contribution in [0, 0.1) is 11.7 Å². The molecule has 2 atom stereocenters. The van der Waals surface area contributed by atoms with Crippen LogP contribution in [0.3, 0.4) is 0 Å². The molecule has 3 aromatic carbocycles. The Morgan fingerprint density at radius 2 is 1.73 bits per heavy atom. The second kappa shape index (κ2) is 11.9. The van der Waals surface area contributed by atoms with Gasteiger partial charge in [-0.05, 0) is 73.4 Å². The van der Waals surface area contributed by atoms with Crippen molar-refractivity contribution in [2.24, 2.45) is 5.92 Å². The summed E-state index contributed by atoms with van der Waals surface area (Å²) in [4.78, 5) is 33.3. The first-order valence-electron chi connectivity index (χ1n) is 11.9. The van der Waals surface area contributed by atoms with Crippen LogP contribution in [-0.2, 0) is 9.59 Å². The first kappa shape index (κ1) is 26.8. The average Bonchev–Trinajstić information content (AvgIpc) is 3.28. The second-order valence-corrected chi connectivity index (χ2v) is 9.96. The van der Waals surface area contributed by atoms with Crippen LogP contribution in [0.1, 0.15) is 41.1 Å². The van der Waals surface area contributed by atoms with E-state index in [0.717, 1.165) is 25.5 Å². The van der Waals surface area contributed by atoms with Gasteiger partial charge in [0.25, 0.3) is 0 Å². The highest BCUT2D eigenvalue weighted by molar-refractivity contribution is 6.31. The van der Waals surface area contributed by atoms with Crippen molar-refractivity contribution in [3.63, 3.8) is 0 Å². The fourth-order valence-corrected chi connectivity index (χ4v) is 5.39. The van der Waals surface area contributed by atoms with Gasteiger partial charge in [0.2, 0.25) is 12.3 Å². The van der Waals surface area contributed by atoms with Gasteiger partial charge in [0.1, 0.15) is 12.1 Å². The maximum Gasteiger partial charge on any atom is 0.230 e. The number of aldehydes is 1. The average molecular weight is 542 g/mol. The molecule has 2 fully saturated rings. The molecule has 9 heteroatoms. The van der Waals surface area contributed by atoms with Crippen molar-refractivity contribution < 1.29 is 18.8 Å². The maximum absolute atomic E-state index is 14.6. The fraction of sp³-hybridized carbons (Fsp3) is 0.250. The lowest BCUT2D eigenvalue weighted by atomic mass is 9.65. The van der Waals surface area contributed by atoms with Gasteiger partial charge in [-0.1, -0.05) is 41.4 Å². The number of rotatable bonds is 6. The van der Waals surface area contributed by atoms with E-state index >= 15 is 0 Å². The van der Waals surface area contributed by atoms with Crippen LogP contribution in [0.15, 0.2) is 66.7 Å². The molecule has 2 unspecified atom stereocenters. The van der Waals surface area contributed by atoms with Crippen molar-refractivity contribution in [1.29, 1.82) is 0 Å². The van der Waals surface area contributed by atoms with Gasteiger partial charge >= 0.3 is 0 Å². The van der Waals surface area contributed by atoms with E-state index in [1.54, 1.807) is 60.7 Å². The number of anilines is 2. The Kier molecular flexibility index (Phi) is 8.59. The topological polar surface area (TPSA) is 87.3 Å². The number of carbonyl (C=O) groups is 3. The van der Waals surface area contributed by atoms with E-state index in [-0.39, 0.29) is 28.3 Å². The number of benzene rings is 3. The van der Waals surface area contributed by atoms with Crippen LogP contribution < -0.4 is 16.0 Å². The largest absolute Gasteiger partial charge is 0.329 e. The number of hydrogen-bond donors (Lipinski definition) is 3. The minimum Gasteiger partial charge on any atom is -0.329 e. The molecule has 2 amide bonds. The molecule has 0 aromatic heterocycles. The monoisotopic (exact) mass is 541 g/mol. The van der Waals surface area contributed by atoms with Gasteiger partial charge in [-0.15, -0.1) is 0 Å². The molecule has 3 N–H and O–H groups in total. The van der Waals surface area contributed by atoms with Crippen molar-refractivity contribution in [2.45, 2.75) is 30.7 Å². The molecule has 5 rings (SSSR count). The summed E-state index contributed by atoms with van der Waals surface area (Å²) in [6.07, 6.45) is 4.25. The predicted octanol–water partition coefficient (Wildman–Crippen LogP) is 6.06. The molecule has 2 aliphatic rings. The normalized spacial score (nSPS) is 19.2. The molecule has 192 valence electrons. The van der Waals surface area contributed by atoms with E-state index in [1.807, 2.05) is 0 Å². The van der Waals surface area contributed by atoms with E-state index in [2.05, 4.69) is 16.0 Å². The SMILES string of the molecule is O=C(Nc1cccc(Cl)c1)C1C(c2cccc(Cl)c2F)CNC12CCC2.O=CNc1ccc(C=O)cc1. The molecule has 1 spiro atoms. The van der Waals surface area contributed by atoms with Crippen LogP contribution in [0.2, 0.25) is 10.0 Å². The molecule has 1 aliphatic carbocycles. The zero-order chi connectivity index (χ0) is 26.4. The Hall–Kier alpha value is -3.26. The summed E-state index contributed by atoms with van der Waals surface area (Å²) in [6, 6.07) is 18.7. The Bertz CT molecular complexity index is 1280. The highest BCUT2D eigenvalue weighted by Gasteiger charge is 2.55. The summed E-state index contributed by atoms with van der Waals surface area (Å²) in [6.45, 7) is 0.560. The summed E-state index contributed by atoms with van der Waals surface area (Å²) in [5.41, 5.74) is 2.17. The number of amides is 2. The second-order valence-electron chi connectivity index (χ2n) is 9.12. The molecule has 1 saturated carbocycles. The molecular weight excluding hydrogens is 516 g/mol. The van der Waals surface area contributed by atoms with Gasteiger partial charge in [-0.25, -0.2) is 4.39 Å². The summed E-state index contributed by atoms with van der Waals surface area (Å²) in [7, 11) is 0. The van der Waals surface area contributed by atoms with Crippen LogP contribution >= 0.6 is 23.2 Å². The number of carbonyl (C=O) groups excluding carboxylic acids is 3. The van der Waals surface area contributed by atoms with E-state index in [9.17, 15) is 18.8 Å². The van der Waals surface area contributed by atoms with Crippen LogP contribution in [-0.4, -0.2) is 30.7 Å². The molecule has 0 radical (unpaired) electrons. The quantitative estimate of drug-likeness (QED) is 0.331. The first-order chi connectivity index (χ1) is 17.9. The van der Waals surface area contributed by atoms with Crippen molar-refractivity contribution >= 4 is 53.2 Å². The van der Waals surface area contributed by atoms with Gasteiger partial charge in [-0.3, -0.25) is 14.4 Å².